The quantitative estimate of drug-likeness (QED) is 0.0526. The van der Waals surface area contributed by atoms with Crippen LogP contribution >= 0.6 is 0 Å². The van der Waals surface area contributed by atoms with Gasteiger partial charge in [-0.3, -0.25) is 29.1 Å². The summed E-state index contributed by atoms with van der Waals surface area (Å²) in [5.41, 5.74) is 1.09. The second-order valence-electron chi connectivity index (χ2n) is 14.4. The molecule has 4 atom stereocenters. The second-order valence-corrected chi connectivity index (χ2v) is 14.4. The number of imidazole rings is 1. The number of aryl methyl sites for hydroxylation is 1. The Hall–Kier alpha value is -6.37. The van der Waals surface area contributed by atoms with Gasteiger partial charge in [0.05, 0.1) is 12.5 Å². The first-order valence-corrected chi connectivity index (χ1v) is 20.1. The highest BCUT2D eigenvalue weighted by atomic mass is 16.4. The summed E-state index contributed by atoms with van der Waals surface area (Å²) < 4.78 is 1.98. The Balaban J connectivity index is 0.00000584. The molecule has 0 spiro atoms. The van der Waals surface area contributed by atoms with E-state index in [1.165, 1.54) is 0 Å². The molecule has 0 bridgehead atoms. The van der Waals surface area contributed by atoms with Gasteiger partial charge in [-0.25, -0.2) is 19.4 Å². The van der Waals surface area contributed by atoms with Crippen LogP contribution in [-0.2, 0) is 61.5 Å². The Morgan fingerprint density at radius 3 is 1.89 bits per heavy atom. The highest BCUT2D eigenvalue weighted by Gasteiger charge is 2.25. The van der Waals surface area contributed by atoms with Gasteiger partial charge in [0.1, 0.15) is 23.7 Å². The number of aromatic nitrogens is 2. The van der Waals surface area contributed by atoms with E-state index in [1.807, 2.05) is 24.0 Å². The number of hydrogen-bond donors (Lipinski definition) is 7. The van der Waals surface area contributed by atoms with Crippen LogP contribution in [0.2, 0.25) is 0 Å². The molecule has 7 N–H and O–H groups in total. The first-order valence-electron chi connectivity index (χ1n) is 20.1. The Labute approximate surface area is 358 Å². The van der Waals surface area contributed by atoms with Crippen LogP contribution in [0.5, 0.6) is 0 Å². The van der Waals surface area contributed by atoms with Gasteiger partial charge in [-0.1, -0.05) is 32.3 Å². The summed E-state index contributed by atoms with van der Waals surface area (Å²) in [6.45, 7) is 4.52. The lowest BCUT2D eigenvalue weighted by Gasteiger charge is -2.23. The van der Waals surface area contributed by atoms with Gasteiger partial charge in [-0.05, 0) is 57.9 Å². The van der Waals surface area contributed by atoms with E-state index in [-0.39, 0.29) is 55.6 Å². The number of Topliss-reactive ketones (excluding diaryl/α,β-unsaturated/α-hetero) is 1. The van der Waals surface area contributed by atoms with Crippen molar-refractivity contribution in [3.05, 3.63) is 30.5 Å². The van der Waals surface area contributed by atoms with Gasteiger partial charge >= 0.3 is 42.2 Å². The molecule has 2 heterocycles. The number of allylic oxidation sites excluding steroid dienone is 1. The zero-order valence-corrected chi connectivity index (χ0v) is 35.1. The number of nitrogens with zero attached hydrogens (tertiary/aromatic N) is 4. The van der Waals surface area contributed by atoms with Gasteiger partial charge in [0.15, 0.2) is 0 Å². The third-order valence-electron chi connectivity index (χ3n) is 9.62. The molecule has 1 aromatic rings. The molecule has 344 valence electrons. The Kier molecular flexibility index (Phi) is 29.9. The average Bonchev–Trinajstić information content (AvgIpc) is 3.81. The number of aliphatic carboxylic acids is 4. The monoisotopic (exact) mass is 877 g/mol. The lowest BCUT2D eigenvalue weighted by atomic mass is 9.94. The van der Waals surface area contributed by atoms with Gasteiger partial charge in [-0.15, -0.1) is 0 Å². The van der Waals surface area contributed by atoms with Crippen molar-refractivity contribution in [1.29, 1.82) is 0 Å². The molecule has 0 saturated carbocycles. The number of carboxylic acids is 4. The Bertz CT molecular complexity index is 1700. The lowest BCUT2D eigenvalue weighted by molar-refractivity contribution is -0.193. The lowest BCUT2D eigenvalue weighted by Crippen LogP contribution is -2.51. The van der Waals surface area contributed by atoms with Gasteiger partial charge in [0.25, 0.3) is 0 Å². The van der Waals surface area contributed by atoms with E-state index in [1.54, 1.807) is 6.20 Å². The fourth-order valence-electron chi connectivity index (χ4n) is 6.18. The summed E-state index contributed by atoms with van der Waals surface area (Å²) in [5.74, 6) is -4.72. The molecular weight excluding hydrogens is 818 g/mol. The SMILES string of the molecule is CC1C=CN=C1CN(CCCC[C@H](CC(=O)CCCCCCC(=O)NCCCC[C@H](NC(=O)N[C@@H](CCC(=O)O)C(=O)O)C(=O)O)C(=O)O)Cc1nccn1C.O=C=O.O=C=O. The van der Waals surface area contributed by atoms with Crippen LogP contribution in [0.25, 0.3) is 0 Å². The van der Waals surface area contributed by atoms with Crippen molar-refractivity contribution in [2.45, 2.75) is 122 Å². The number of urea groups is 1. The maximum Gasteiger partial charge on any atom is 0.373 e. The molecule has 22 nitrogen and oxygen atoms in total. The molecule has 1 aliphatic heterocycles. The van der Waals surface area contributed by atoms with E-state index in [0.717, 1.165) is 37.3 Å². The molecule has 22 heteroatoms. The van der Waals surface area contributed by atoms with Crippen LogP contribution in [0.1, 0.15) is 109 Å². The minimum absolute atomic E-state index is 0.00493. The summed E-state index contributed by atoms with van der Waals surface area (Å²) >= 11 is 0. The molecule has 0 aromatic carbocycles. The third-order valence-corrected chi connectivity index (χ3v) is 9.62. The van der Waals surface area contributed by atoms with Crippen LogP contribution in [0.15, 0.2) is 29.7 Å². The van der Waals surface area contributed by atoms with Crippen molar-refractivity contribution < 1.29 is 73.2 Å². The van der Waals surface area contributed by atoms with E-state index in [2.05, 4.69) is 43.8 Å². The fourth-order valence-corrected chi connectivity index (χ4v) is 6.18. The van der Waals surface area contributed by atoms with Gasteiger partial charge in [-0.2, -0.15) is 19.2 Å². The highest BCUT2D eigenvalue weighted by molar-refractivity contribution is 5.92. The van der Waals surface area contributed by atoms with Crippen LogP contribution in [0, 0.1) is 11.8 Å². The van der Waals surface area contributed by atoms with E-state index >= 15 is 0 Å². The van der Waals surface area contributed by atoms with Gasteiger partial charge in [0, 0.05) is 76.0 Å². The van der Waals surface area contributed by atoms with Crippen molar-refractivity contribution in [1.82, 2.24) is 30.4 Å². The van der Waals surface area contributed by atoms with E-state index in [0.29, 0.717) is 64.6 Å². The van der Waals surface area contributed by atoms with Crippen molar-refractivity contribution in [3.63, 3.8) is 0 Å². The summed E-state index contributed by atoms with van der Waals surface area (Å²) in [5, 5.41) is 44.1. The van der Waals surface area contributed by atoms with Crippen LogP contribution < -0.4 is 16.0 Å². The highest BCUT2D eigenvalue weighted by Crippen LogP contribution is 2.18. The Morgan fingerprint density at radius 2 is 1.35 bits per heavy atom. The number of rotatable bonds is 31. The topological polar surface area (TPSA) is 338 Å². The average molecular weight is 878 g/mol. The first kappa shape index (κ1) is 55.6. The standard InChI is InChI=1S/C38H59N7O11.2CO2/c1-26-17-19-39-31(26)24-45(25-32-40-20-22-44(32)2)21-10-8-11-27(35(50)51)23-28(46)12-5-3-4-6-14-33(47)41-18-9-7-13-29(36(52)53)42-38(56)43-30(37(54)55)15-16-34(48)49;2*2-1-3/h17,19-20,22,26-27,29-30H,3-16,18,21,23-25H2,1-2H3,(H,41,47)(H,48,49)(H,50,51)(H,52,53)(H,54,55)(H2,42,43,56);;/t26?,27-,29+,30+;;/m1../s1. The smallest absolute Gasteiger partial charge is 0.373 e. The number of unbranched alkanes of at least 4 members (excludes halogenated alkanes) is 5. The molecule has 1 aromatic heterocycles. The zero-order chi connectivity index (χ0) is 46.9. The first-order chi connectivity index (χ1) is 29.5. The largest absolute Gasteiger partial charge is 0.481 e. The molecular formula is C40H59N7O15. The summed E-state index contributed by atoms with van der Waals surface area (Å²) in [6, 6.07) is -3.85. The summed E-state index contributed by atoms with van der Waals surface area (Å²) in [7, 11) is 1.95. The number of hydrogen-bond acceptors (Lipinski definition) is 14. The number of carbonyl (C=O) groups is 7. The molecule has 0 aliphatic carbocycles. The predicted molar refractivity (Wildman–Crippen MR) is 215 cm³/mol. The summed E-state index contributed by atoms with van der Waals surface area (Å²) in [4.78, 5) is 126. The number of aliphatic imine (C=N–C) groups is 1. The molecule has 1 unspecified atom stereocenters. The third kappa shape index (κ3) is 26.7. The van der Waals surface area contributed by atoms with Crippen molar-refractivity contribution in [2.75, 3.05) is 19.6 Å². The van der Waals surface area contributed by atoms with E-state index in [9.17, 15) is 43.8 Å². The molecule has 0 saturated heterocycles. The van der Waals surface area contributed by atoms with Crippen molar-refractivity contribution in [3.8, 4) is 0 Å². The second kappa shape index (κ2) is 33.4. The maximum atomic E-state index is 12.6. The minimum Gasteiger partial charge on any atom is -0.481 e. The molecule has 0 fully saturated rings. The van der Waals surface area contributed by atoms with Gasteiger partial charge < -0.3 is 40.9 Å². The normalized spacial score (nSPS) is 13.9. The Morgan fingerprint density at radius 1 is 0.758 bits per heavy atom. The summed E-state index contributed by atoms with van der Waals surface area (Å²) in [6.07, 6.45) is 13.2. The number of carbonyl (C=O) groups excluding carboxylic acids is 7. The maximum absolute atomic E-state index is 12.6. The molecule has 0 radical (unpaired) electrons. The number of ketones is 1. The minimum atomic E-state index is -1.49. The van der Waals surface area contributed by atoms with Crippen LogP contribution in [-0.4, -0.2) is 126 Å². The molecule has 62 heavy (non-hydrogen) atoms. The molecule has 2 rings (SSSR count). The number of amides is 3. The zero-order valence-electron chi connectivity index (χ0n) is 35.1. The fraction of sp³-hybridized carbons (Fsp3) is 0.625. The molecule has 1 aliphatic rings. The number of nitrogens with one attached hydrogen (secondary N) is 3. The van der Waals surface area contributed by atoms with E-state index in [4.69, 9.17) is 29.4 Å². The predicted octanol–water partition coefficient (Wildman–Crippen LogP) is 2.19. The van der Waals surface area contributed by atoms with Crippen molar-refractivity contribution in [2.24, 2.45) is 23.9 Å². The molecule has 3 amide bonds. The van der Waals surface area contributed by atoms with E-state index < -0.39 is 54.3 Å². The van der Waals surface area contributed by atoms with Gasteiger partial charge in [0.2, 0.25) is 5.91 Å². The van der Waals surface area contributed by atoms with Crippen molar-refractivity contribution >= 4 is 59.6 Å². The number of carboxylic acid groups (broad SMARTS) is 4. The van der Waals surface area contributed by atoms with Crippen LogP contribution in [0.3, 0.4) is 0 Å². The van der Waals surface area contributed by atoms with Crippen LogP contribution in [0.4, 0.5) is 4.79 Å².